The van der Waals surface area contributed by atoms with Gasteiger partial charge in [0.05, 0.1) is 5.69 Å². The first-order valence-electron chi connectivity index (χ1n) is 5.36. The Kier molecular flexibility index (Phi) is 5.82. The van der Waals surface area contributed by atoms with Crippen LogP contribution in [0.2, 0.25) is 0 Å². The van der Waals surface area contributed by atoms with E-state index in [4.69, 9.17) is 5.11 Å². The molecule has 0 fully saturated rings. The minimum absolute atomic E-state index is 0. The molecule has 0 saturated carbocycles. The Balaban J connectivity index is 0.00000180. The van der Waals surface area contributed by atoms with Crippen LogP contribution in [0.25, 0.3) is 0 Å². The van der Waals surface area contributed by atoms with Gasteiger partial charge in [-0.15, -0.1) is 0 Å². The Morgan fingerprint density at radius 2 is 2.11 bits per heavy atom. The van der Waals surface area contributed by atoms with Gasteiger partial charge in [-0.25, -0.2) is 4.79 Å². The molecule has 0 amide bonds. The molecule has 3 N–H and O–H groups in total. The van der Waals surface area contributed by atoms with Crippen molar-refractivity contribution in [2.45, 2.75) is 6.54 Å². The Labute approximate surface area is 132 Å². The third kappa shape index (κ3) is 4.24. The van der Waals surface area contributed by atoms with Crippen LogP contribution in [0.4, 0.5) is 5.69 Å². The molecule has 6 heteroatoms. The second-order valence-corrected chi connectivity index (χ2v) is 3.75. The van der Waals surface area contributed by atoms with E-state index in [0.29, 0.717) is 6.54 Å². The molecule has 0 aliphatic rings. The molecule has 94 valence electrons. The number of carboxylic acids is 1. The van der Waals surface area contributed by atoms with Gasteiger partial charge in [0.2, 0.25) is 0 Å². The first kappa shape index (κ1) is 15.5. The molecule has 1 aromatic carbocycles. The second-order valence-electron chi connectivity index (χ2n) is 3.75. The molecule has 2 aromatic rings. The van der Waals surface area contributed by atoms with Crippen molar-refractivity contribution in [3.8, 4) is 5.75 Å². The number of phenols is 1. The van der Waals surface area contributed by atoms with Gasteiger partial charge >= 0.3 is 35.5 Å². The van der Waals surface area contributed by atoms with Crippen molar-refractivity contribution < 1.29 is 15.0 Å². The number of aromatic hydroxyl groups is 1. The van der Waals surface area contributed by atoms with Gasteiger partial charge in [0, 0.05) is 18.9 Å². The molecule has 0 spiro atoms. The van der Waals surface area contributed by atoms with Crippen molar-refractivity contribution in [1.29, 1.82) is 0 Å². The van der Waals surface area contributed by atoms with Crippen LogP contribution in [0.3, 0.4) is 0 Å². The molecule has 1 aromatic heterocycles. The normalized spacial score (nSPS) is 9.47. The second kappa shape index (κ2) is 7.13. The number of nitrogens with one attached hydrogen (secondary N) is 1. The van der Waals surface area contributed by atoms with Gasteiger partial charge < -0.3 is 15.5 Å². The summed E-state index contributed by atoms with van der Waals surface area (Å²) in [5, 5.41) is 21.4. The number of hydrogen-bond donors (Lipinski definition) is 3. The van der Waals surface area contributed by atoms with Crippen LogP contribution in [-0.2, 0) is 6.54 Å². The van der Waals surface area contributed by atoms with E-state index in [-0.39, 0.29) is 40.9 Å². The number of benzene rings is 1. The topological polar surface area (TPSA) is 82.5 Å². The number of anilines is 1. The average molecular weight is 268 g/mol. The molecule has 2 rings (SSSR count). The van der Waals surface area contributed by atoms with E-state index < -0.39 is 5.97 Å². The first-order valence-corrected chi connectivity index (χ1v) is 5.36. The molecule has 19 heavy (non-hydrogen) atoms. The summed E-state index contributed by atoms with van der Waals surface area (Å²) in [5.74, 6) is -1.37. The number of carboxylic acid groups (broad SMARTS) is 1. The predicted molar refractivity (Wildman–Crippen MR) is 73.8 cm³/mol. The van der Waals surface area contributed by atoms with Crippen LogP contribution in [0, 0.1) is 0 Å². The quantitative estimate of drug-likeness (QED) is 0.731. The van der Waals surface area contributed by atoms with Crippen molar-refractivity contribution in [2.75, 3.05) is 5.32 Å². The molecular weight excluding hydrogens is 255 g/mol. The minimum atomic E-state index is -1.14. The number of hydrogen-bond acceptors (Lipinski definition) is 4. The maximum absolute atomic E-state index is 10.9. The fourth-order valence-corrected chi connectivity index (χ4v) is 1.54. The molecule has 0 saturated heterocycles. The van der Waals surface area contributed by atoms with Crippen molar-refractivity contribution in [2.24, 2.45) is 0 Å². The van der Waals surface area contributed by atoms with Crippen LogP contribution in [0.5, 0.6) is 5.75 Å². The van der Waals surface area contributed by atoms with Crippen molar-refractivity contribution in [3.05, 3.63) is 53.9 Å². The summed E-state index contributed by atoms with van der Waals surface area (Å²) in [5.41, 5.74) is 1.52. The summed E-state index contributed by atoms with van der Waals surface area (Å²) >= 11 is 0. The van der Waals surface area contributed by atoms with E-state index in [1.54, 1.807) is 18.5 Å². The van der Waals surface area contributed by atoms with E-state index in [1.807, 2.05) is 12.1 Å². The molecule has 5 nitrogen and oxygen atoms in total. The third-order valence-electron chi connectivity index (χ3n) is 2.45. The summed E-state index contributed by atoms with van der Waals surface area (Å²) in [4.78, 5) is 14.8. The summed E-state index contributed by atoms with van der Waals surface area (Å²) in [7, 11) is 0. The number of pyridine rings is 1. The fourth-order valence-electron chi connectivity index (χ4n) is 1.54. The molecule has 0 unspecified atom stereocenters. The zero-order chi connectivity index (χ0) is 13.0. The maximum atomic E-state index is 10.9. The molecular formula is C13H13N2NaO3. The fraction of sp³-hybridized carbons (Fsp3) is 0.0769. The average Bonchev–Trinajstić information content (AvgIpc) is 2.38. The van der Waals surface area contributed by atoms with Crippen LogP contribution >= 0.6 is 0 Å². The third-order valence-corrected chi connectivity index (χ3v) is 2.45. The Hall–Kier alpha value is -1.56. The Morgan fingerprint density at radius 1 is 1.32 bits per heavy atom. The van der Waals surface area contributed by atoms with Crippen LogP contribution < -0.4 is 5.32 Å². The Morgan fingerprint density at radius 3 is 2.74 bits per heavy atom. The number of aromatic nitrogens is 1. The van der Waals surface area contributed by atoms with Gasteiger partial charge in [0.1, 0.15) is 11.3 Å². The summed E-state index contributed by atoms with van der Waals surface area (Å²) in [6.45, 7) is 0.465. The van der Waals surface area contributed by atoms with Gasteiger partial charge in [-0.3, -0.25) is 4.98 Å². The van der Waals surface area contributed by atoms with Gasteiger partial charge in [-0.1, -0.05) is 6.07 Å². The first-order chi connectivity index (χ1) is 8.66. The monoisotopic (exact) mass is 268 g/mol. The zero-order valence-corrected chi connectivity index (χ0v) is 9.50. The molecule has 0 radical (unpaired) electrons. The van der Waals surface area contributed by atoms with E-state index in [9.17, 15) is 9.90 Å². The van der Waals surface area contributed by atoms with Gasteiger partial charge in [0.25, 0.3) is 0 Å². The number of carbonyl (C=O) groups is 1. The van der Waals surface area contributed by atoms with Crippen LogP contribution in [0.15, 0.2) is 42.7 Å². The standard InChI is InChI=1S/C13H12N2O3.Na.H/c16-12-4-3-9(6-11(12)13(17)18)7-15-10-2-1-5-14-8-10;;/h1-6,8,15-16H,7H2,(H,17,18);;. The van der Waals surface area contributed by atoms with E-state index in [2.05, 4.69) is 10.3 Å². The summed E-state index contributed by atoms with van der Waals surface area (Å²) < 4.78 is 0. The van der Waals surface area contributed by atoms with E-state index >= 15 is 0 Å². The molecule has 1 heterocycles. The van der Waals surface area contributed by atoms with Crippen molar-refractivity contribution in [3.63, 3.8) is 0 Å². The van der Waals surface area contributed by atoms with E-state index in [1.165, 1.54) is 12.1 Å². The number of rotatable bonds is 4. The van der Waals surface area contributed by atoms with Crippen molar-refractivity contribution >= 4 is 41.2 Å². The molecule has 0 atom stereocenters. The van der Waals surface area contributed by atoms with Gasteiger partial charge in [-0.05, 0) is 29.8 Å². The van der Waals surface area contributed by atoms with Gasteiger partial charge in [0.15, 0.2) is 0 Å². The predicted octanol–water partition coefficient (Wildman–Crippen LogP) is 1.45. The SMILES string of the molecule is O=C(O)c1cc(CNc2cccnc2)ccc1O.[NaH]. The Bertz CT molecular complexity index is 561. The zero-order valence-electron chi connectivity index (χ0n) is 9.50. The van der Waals surface area contributed by atoms with Crippen LogP contribution in [-0.4, -0.2) is 50.7 Å². The molecule has 0 aliphatic carbocycles. The van der Waals surface area contributed by atoms with E-state index in [0.717, 1.165) is 11.3 Å². The number of nitrogens with zero attached hydrogens (tertiary/aromatic N) is 1. The van der Waals surface area contributed by atoms with Gasteiger partial charge in [-0.2, -0.15) is 0 Å². The molecule has 0 bridgehead atoms. The molecule has 0 aliphatic heterocycles. The van der Waals surface area contributed by atoms with Crippen LogP contribution in [0.1, 0.15) is 15.9 Å². The summed E-state index contributed by atoms with van der Waals surface area (Å²) in [6, 6.07) is 8.17. The number of aromatic carboxylic acids is 1. The summed E-state index contributed by atoms with van der Waals surface area (Å²) in [6.07, 6.45) is 3.35. The van der Waals surface area contributed by atoms with Crippen molar-refractivity contribution in [1.82, 2.24) is 4.98 Å².